The lowest BCUT2D eigenvalue weighted by Crippen LogP contribution is -2.40. The van der Waals surface area contributed by atoms with Crippen molar-refractivity contribution in [3.63, 3.8) is 0 Å². The molecule has 2 atom stereocenters. The van der Waals surface area contributed by atoms with E-state index in [0.29, 0.717) is 22.8 Å². The smallest absolute Gasteiger partial charge is 0.220 e. The fourth-order valence-corrected chi connectivity index (χ4v) is 5.51. The fraction of sp³-hybridized carbons (Fsp3) is 0.208. The summed E-state index contributed by atoms with van der Waals surface area (Å²) >= 11 is 1.58. The molecule has 5 nitrogen and oxygen atoms in total. The van der Waals surface area contributed by atoms with E-state index in [1.165, 1.54) is 6.20 Å². The molecule has 0 bridgehead atoms. The van der Waals surface area contributed by atoms with Gasteiger partial charge in [-0.25, -0.2) is 9.98 Å². The lowest BCUT2D eigenvalue weighted by Gasteiger charge is -2.35. The molecule has 5 rings (SSSR count). The summed E-state index contributed by atoms with van der Waals surface area (Å²) in [6.45, 7) is 1.50. The summed E-state index contributed by atoms with van der Waals surface area (Å²) < 4.78 is 14.3. The van der Waals surface area contributed by atoms with Gasteiger partial charge in [-0.1, -0.05) is 30.0 Å². The summed E-state index contributed by atoms with van der Waals surface area (Å²) in [6.07, 6.45) is 1.45. The van der Waals surface area contributed by atoms with Crippen molar-refractivity contribution in [1.29, 1.82) is 5.26 Å². The second-order valence-electron chi connectivity index (χ2n) is 7.84. The second kappa shape index (κ2) is 7.71. The van der Waals surface area contributed by atoms with E-state index in [2.05, 4.69) is 22.0 Å². The number of aromatic nitrogens is 1. The molecule has 2 N–H and O–H groups in total. The normalized spacial score (nSPS) is 22.5. The van der Waals surface area contributed by atoms with E-state index in [0.717, 1.165) is 29.1 Å². The molecule has 0 spiro atoms. The van der Waals surface area contributed by atoms with E-state index in [1.54, 1.807) is 23.9 Å². The lowest BCUT2D eigenvalue weighted by atomic mass is 9.81. The number of anilines is 1. The molecule has 1 aromatic heterocycles. The topological polar surface area (TPSA) is 78.3 Å². The predicted molar refractivity (Wildman–Crippen MR) is 122 cm³/mol. The number of thioether (sulfide) groups is 1. The fourth-order valence-electron chi connectivity index (χ4n) is 4.53. The summed E-state index contributed by atoms with van der Waals surface area (Å²) in [4.78, 5) is 11.1. The Morgan fingerprint density at radius 3 is 2.77 bits per heavy atom. The van der Waals surface area contributed by atoms with Crippen LogP contribution in [0.3, 0.4) is 0 Å². The third-order valence-electron chi connectivity index (χ3n) is 6.08. The third kappa shape index (κ3) is 3.43. The highest BCUT2D eigenvalue weighted by Crippen LogP contribution is 2.47. The average Bonchev–Trinajstić information content (AvgIpc) is 3.19. The van der Waals surface area contributed by atoms with Crippen molar-refractivity contribution in [3.05, 3.63) is 83.9 Å². The van der Waals surface area contributed by atoms with Crippen molar-refractivity contribution in [3.8, 4) is 17.2 Å². The van der Waals surface area contributed by atoms with Gasteiger partial charge in [0.15, 0.2) is 5.17 Å². The summed E-state index contributed by atoms with van der Waals surface area (Å²) in [7, 11) is 0. The molecule has 0 unspecified atom stereocenters. The molecule has 2 aliphatic heterocycles. The number of halogens is 1. The van der Waals surface area contributed by atoms with Crippen LogP contribution in [-0.4, -0.2) is 29.0 Å². The average molecular weight is 430 g/mol. The van der Waals surface area contributed by atoms with Crippen molar-refractivity contribution in [2.45, 2.75) is 5.54 Å². The first-order valence-electron chi connectivity index (χ1n) is 10.0. The minimum absolute atomic E-state index is 0.259. The number of benzene rings is 2. The molecule has 2 aliphatic rings. The van der Waals surface area contributed by atoms with Gasteiger partial charge in [-0.15, -0.1) is 0 Å². The number of rotatable bonds is 3. The Morgan fingerprint density at radius 2 is 2.00 bits per heavy atom. The Morgan fingerprint density at radius 1 is 1.16 bits per heavy atom. The van der Waals surface area contributed by atoms with Crippen molar-refractivity contribution >= 4 is 22.6 Å². The minimum atomic E-state index is -0.502. The molecular weight excluding hydrogens is 409 g/mol. The standard InChI is InChI=1S/C24H20FN5S/c25-22-21(5-2-10-28-22)17-3-1-4-18(11-17)24-15-30(13-19(24)14-31-23(27)29-24)20-8-6-16(12-26)7-9-20/h1-11,19H,13-15H2,(H2,27,29)/t19-,24+/m0/s1. The van der Waals surface area contributed by atoms with Gasteiger partial charge in [0.05, 0.1) is 11.6 Å². The van der Waals surface area contributed by atoms with Crippen LogP contribution in [0.1, 0.15) is 11.1 Å². The van der Waals surface area contributed by atoms with Crippen molar-refractivity contribution in [2.24, 2.45) is 16.6 Å². The maximum absolute atomic E-state index is 14.3. The Kier molecular flexibility index (Phi) is 4.87. The Balaban J connectivity index is 1.57. The number of amidine groups is 1. The summed E-state index contributed by atoms with van der Waals surface area (Å²) in [5.74, 6) is 0.643. The van der Waals surface area contributed by atoms with E-state index in [4.69, 9.17) is 16.0 Å². The van der Waals surface area contributed by atoms with Gasteiger partial charge in [0, 0.05) is 42.2 Å². The van der Waals surface area contributed by atoms with Crippen molar-refractivity contribution in [1.82, 2.24) is 4.98 Å². The summed E-state index contributed by atoms with van der Waals surface area (Å²) in [6, 6.07) is 21.2. The van der Waals surface area contributed by atoms with Crippen LogP contribution in [-0.2, 0) is 5.54 Å². The van der Waals surface area contributed by atoms with E-state index in [9.17, 15) is 4.39 Å². The number of nitrogens with two attached hydrogens (primary N) is 1. The van der Waals surface area contributed by atoms with Gasteiger partial charge in [0.2, 0.25) is 5.95 Å². The Bertz CT molecular complexity index is 1200. The number of aliphatic imine (C=N–C) groups is 1. The molecule has 0 radical (unpaired) electrons. The van der Waals surface area contributed by atoms with E-state index >= 15 is 0 Å². The van der Waals surface area contributed by atoms with E-state index < -0.39 is 11.5 Å². The van der Waals surface area contributed by atoms with Gasteiger partial charge in [0.25, 0.3) is 0 Å². The molecule has 7 heteroatoms. The number of nitriles is 1. The first kappa shape index (κ1) is 19.6. The molecule has 3 aromatic rings. The highest BCUT2D eigenvalue weighted by molar-refractivity contribution is 8.13. The maximum atomic E-state index is 14.3. The van der Waals surface area contributed by atoms with Gasteiger partial charge < -0.3 is 10.6 Å². The van der Waals surface area contributed by atoms with Crippen LogP contribution < -0.4 is 10.6 Å². The summed E-state index contributed by atoms with van der Waals surface area (Å²) in [5, 5.41) is 9.67. The Hall–Kier alpha value is -3.37. The lowest BCUT2D eigenvalue weighted by molar-refractivity contribution is 0.388. The SMILES string of the molecule is N#Cc1ccc(N2C[C@H]3CSC(N)=N[C@@]3(c3cccc(-c4cccnc4F)c3)C2)cc1. The van der Waals surface area contributed by atoms with E-state index in [1.807, 2.05) is 42.5 Å². The molecule has 0 aliphatic carbocycles. The van der Waals surface area contributed by atoms with Crippen LogP contribution in [0.15, 0.2) is 71.9 Å². The molecule has 31 heavy (non-hydrogen) atoms. The third-order valence-corrected chi connectivity index (χ3v) is 7.04. The number of pyridine rings is 1. The van der Waals surface area contributed by atoms with Gasteiger partial charge in [-0.2, -0.15) is 9.65 Å². The highest BCUT2D eigenvalue weighted by atomic mass is 32.2. The molecule has 3 heterocycles. The van der Waals surface area contributed by atoms with Gasteiger partial charge in [0.1, 0.15) is 5.54 Å². The first-order valence-corrected chi connectivity index (χ1v) is 11.0. The van der Waals surface area contributed by atoms with Gasteiger partial charge in [-0.05, 0) is 53.6 Å². The minimum Gasteiger partial charge on any atom is -0.379 e. The Labute approximate surface area is 184 Å². The van der Waals surface area contributed by atoms with Crippen LogP contribution in [0.2, 0.25) is 0 Å². The molecule has 1 fully saturated rings. The van der Waals surface area contributed by atoms with Crippen LogP contribution in [0.5, 0.6) is 0 Å². The van der Waals surface area contributed by atoms with Crippen LogP contribution in [0.4, 0.5) is 10.1 Å². The zero-order valence-corrected chi connectivity index (χ0v) is 17.5. The highest BCUT2D eigenvalue weighted by Gasteiger charge is 2.50. The molecule has 2 aromatic carbocycles. The molecule has 0 amide bonds. The molecule has 0 saturated carbocycles. The first-order chi connectivity index (χ1) is 15.1. The quantitative estimate of drug-likeness (QED) is 0.633. The zero-order valence-electron chi connectivity index (χ0n) is 16.7. The van der Waals surface area contributed by atoms with Crippen LogP contribution in [0.25, 0.3) is 11.1 Å². The van der Waals surface area contributed by atoms with Gasteiger partial charge >= 0.3 is 0 Å². The van der Waals surface area contributed by atoms with Gasteiger partial charge in [-0.3, -0.25) is 0 Å². The number of nitrogens with zero attached hydrogens (tertiary/aromatic N) is 4. The largest absolute Gasteiger partial charge is 0.379 e. The molecule has 1 saturated heterocycles. The van der Waals surface area contributed by atoms with E-state index in [-0.39, 0.29) is 5.92 Å². The second-order valence-corrected chi connectivity index (χ2v) is 8.88. The number of hydrogen-bond donors (Lipinski definition) is 1. The predicted octanol–water partition coefficient (Wildman–Crippen LogP) is 4.15. The molecule has 154 valence electrons. The number of hydrogen-bond acceptors (Lipinski definition) is 6. The summed E-state index contributed by atoms with van der Waals surface area (Å²) in [5.41, 5.74) is 9.67. The molecular formula is C24H20FN5S. The van der Waals surface area contributed by atoms with Crippen LogP contribution in [0, 0.1) is 23.2 Å². The van der Waals surface area contributed by atoms with Crippen LogP contribution >= 0.6 is 11.8 Å². The zero-order chi connectivity index (χ0) is 21.4. The number of fused-ring (bicyclic) bond motifs is 1. The monoisotopic (exact) mass is 429 g/mol. The maximum Gasteiger partial charge on any atom is 0.220 e. The van der Waals surface area contributed by atoms with Crippen molar-refractivity contribution < 1.29 is 4.39 Å². The van der Waals surface area contributed by atoms with Crippen molar-refractivity contribution in [2.75, 3.05) is 23.7 Å².